The third-order valence-electron chi connectivity index (χ3n) is 5.29. The van der Waals surface area contributed by atoms with E-state index in [1.807, 2.05) is 48.4 Å². The number of benzene rings is 1. The number of carbonyl (C=O) groups excluding carboxylic acids is 1. The van der Waals surface area contributed by atoms with Gasteiger partial charge in [0, 0.05) is 12.2 Å². The van der Waals surface area contributed by atoms with Gasteiger partial charge in [0.15, 0.2) is 0 Å². The van der Waals surface area contributed by atoms with Crippen LogP contribution in [0.3, 0.4) is 0 Å². The van der Waals surface area contributed by atoms with Crippen LogP contribution in [0.4, 0.5) is 4.79 Å². The maximum atomic E-state index is 12.7. The van der Waals surface area contributed by atoms with Gasteiger partial charge in [0.25, 0.3) is 0 Å². The van der Waals surface area contributed by atoms with Crippen LogP contribution in [0.25, 0.3) is 5.57 Å². The Kier molecular flexibility index (Phi) is 4.74. The van der Waals surface area contributed by atoms with Crippen molar-refractivity contribution in [1.29, 1.82) is 0 Å². The van der Waals surface area contributed by atoms with Gasteiger partial charge in [-0.3, -0.25) is 9.88 Å². The van der Waals surface area contributed by atoms with Crippen LogP contribution in [0.5, 0.6) is 0 Å². The number of rotatable bonds is 3. The lowest BCUT2D eigenvalue weighted by molar-refractivity contribution is 0.0510. The van der Waals surface area contributed by atoms with Crippen LogP contribution in [-0.2, 0) is 11.3 Å². The maximum absolute atomic E-state index is 12.7. The summed E-state index contributed by atoms with van der Waals surface area (Å²) in [5.74, 6) is 0. The first-order valence-corrected chi connectivity index (χ1v) is 9.33. The molecular weight excluding hydrogens is 324 g/mol. The van der Waals surface area contributed by atoms with Gasteiger partial charge < -0.3 is 4.74 Å². The number of hydrogen-bond donors (Lipinski definition) is 0. The highest BCUT2D eigenvalue weighted by molar-refractivity contribution is 5.73. The number of aryl methyl sites for hydroxylation is 1. The zero-order chi connectivity index (χ0) is 17.9. The second-order valence-electron chi connectivity index (χ2n) is 7.22. The lowest BCUT2D eigenvalue weighted by Gasteiger charge is -2.44. The first-order chi connectivity index (χ1) is 12.7. The fourth-order valence-electron chi connectivity index (χ4n) is 3.96. The van der Waals surface area contributed by atoms with Gasteiger partial charge in [-0.15, -0.1) is 0 Å². The number of fused-ring (bicyclic) bond motifs is 2. The highest BCUT2D eigenvalue weighted by Gasteiger charge is 2.38. The third kappa shape index (κ3) is 3.50. The second kappa shape index (κ2) is 7.32. The molecule has 134 valence electrons. The minimum Gasteiger partial charge on any atom is -0.445 e. The van der Waals surface area contributed by atoms with Crippen LogP contribution in [0.1, 0.15) is 42.5 Å². The van der Waals surface area contributed by atoms with Gasteiger partial charge in [0.1, 0.15) is 6.61 Å². The monoisotopic (exact) mass is 348 g/mol. The Balaban J connectivity index is 1.49. The summed E-state index contributed by atoms with van der Waals surface area (Å²) in [6.07, 6.45) is 7.96. The molecule has 2 atom stereocenters. The Labute approximate surface area is 154 Å². The average Bonchev–Trinajstić information content (AvgIpc) is 2.66. The minimum atomic E-state index is -0.198. The number of aromatic nitrogens is 1. The molecule has 26 heavy (non-hydrogen) atoms. The molecule has 3 heterocycles. The van der Waals surface area contributed by atoms with Gasteiger partial charge in [-0.05, 0) is 55.4 Å². The van der Waals surface area contributed by atoms with Gasteiger partial charge in [-0.2, -0.15) is 0 Å². The van der Waals surface area contributed by atoms with E-state index in [9.17, 15) is 4.79 Å². The Hall–Kier alpha value is -2.62. The number of hydrogen-bond acceptors (Lipinski definition) is 3. The summed E-state index contributed by atoms with van der Waals surface area (Å²) in [7, 11) is 0. The number of pyridine rings is 1. The van der Waals surface area contributed by atoms with Crippen molar-refractivity contribution in [3.05, 3.63) is 71.6 Å². The molecule has 2 aliphatic heterocycles. The molecule has 2 unspecified atom stereocenters. The third-order valence-corrected chi connectivity index (χ3v) is 5.29. The standard InChI is InChI=1S/C22H24N2O2/c1-16-10-11-21(23-14-16)18-12-19-8-5-9-20(13-18)24(19)22(25)26-15-17-6-3-2-4-7-17/h2-4,6-7,10-12,14,19-20H,5,8-9,13,15H2,1H3. The zero-order valence-electron chi connectivity index (χ0n) is 15.1. The van der Waals surface area contributed by atoms with Crippen LogP contribution >= 0.6 is 0 Å². The smallest absolute Gasteiger partial charge is 0.410 e. The van der Waals surface area contributed by atoms with Crippen molar-refractivity contribution in [2.24, 2.45) is 0 Å². The molecule has 1 saturated heterocycles. The molecule has 0 radical (unpaired) electrons. The molecule has 4 nitrogen and oxygen atoms in total. The van der Waals surface area contributed by atoms with Crippen molar-refractivity contribution < 1.29 is 9.53 Å². The first-order valence-electron chi connectivity index (χ1n) is 9.33. The topological polar surface area (TPSA) is 42.4 Å². The lowest BCUT2D eigenvalue weighted by Crippen LogP contribution is -2.51. The summed E-state index contributed by atoms with van der Waals surface area (Å²) in [6.45, 7) is 2.37. The molecule has 4 heteroatoms. The first kappa shape index (κ1) is 16.8. The SMILES string of the molecule is Cc1ccc(C2=CC3CCCC(C2)N3C(=O)OCc2ccccc2)nc1. The van der Waals surface area contributed by atoms with Crippen molar-refractivity contribution in [3.8, 4) is 0 Å². The predicted octanol–water partition coefficient (Wildman–Crippen LogP) is 4.74. The molecule has 1 aromatic carbocycles. The largest absolute Gasteiger partial charge is 0.445 e. The van der Waals surface area contributed by atoms with E-state index in [2.05, 4.69) is 23.2 Å². The van der Waals surface area contributed by atoms with E-state index in [0.717, 1.165) is 42.5 Å². The summed E-state index contributed by atoms with van der Waals surface area (Å²) in [4.78, 5) is 19.3. The van der Waals surface area contributed by atoms with Crippen molar-refractivity contribution in [2.75, 3.05) is 0 Å². The lowest BCUT2D eigenvalue weighted by atomic mass is 9.84. The Bertz CT molecular complexity index is 799. The molecule has 2 aliphatic rings. The van der Waals surface area contributed by atoms with E-state index in [1.54, 1.807) is 0 Å². The highest BCUT2D eigenvalue weighted by atomic mass is 16.6. The summed E-state index contributed by atoms with van der Waals surface area (Å²) in [5, 5.41) is 0. The fraction of sp³-hybridized carbons (Fsp3) is 0.364. The number of nitrogens with zero attached hydrogens (tertiary/aromatic N) is 2. The Morgan fingerprint density at radius 3 is 2.77 bits per heavy atom. The van der Waals surface area contributed by atoms with Crippen molar-refractivity contribution in [2.45, 2.75) is 51.3 Å². The molecule has 1 fully saturated rings. The van der Waals surface area contributed by atoms with Crippen LogP contribution in [0.15, 0.2) is 54.7 Å². The average molecular weight is 348 g/mol. The molecule has 1 aromatic heterocycles. The summed E-state index contributed by atoms with van der Waals surface area (Å²) < 4.78 is 5.60. The van der Waals surface area contributed by atoms with E-state index in [0.29, 0.717) is 6.61 Å². The number of carbonyl (C=O) groups is 1. The molecule has 2 aromatic rings. The van der Waals surface area contributed by atoms with Gasteiger partial charge in [0.05, 0.1) is 11.7 Å². The van der Waals surface area contributed by atoms with Crippen LogP contribution in [-0.4, -0.2) is 28.1 Å². The predicted molar refractivity (Wildman–Crippen MR) is 101 cm³/mol. The van der Waals surface area contributed by atoms with E-state index >= 15 is 0 Å². The normalized spacial score (nSPS) is 21.9. The van der Waals surface area contributed by atoms with E-state index in [-0.39, 0.29) is 18.2 Å². The molecule has 0 spiro atoms. The molecule has 0 aliphatic carbocycles. The van der Waals surface area contributed by atoms with Crippen molar-refractivity contribution in [1.82, 2.24) is 9.88 Å². The fourth-order valence-corrected chi connectivity index (χ4v) is 3.96. The second-order valence-corrected chi connectivity index (χ2v) is 7.22. The quantitative estimate of drug-likeness (QED) is 0.805. The van der Waals surface area contributed by atoms with Crippen LogP contribution < -0.4 is 0 Å². The highest BCUT2D eigenvalue weighted by Crippen LogP contribution is 2.37. The van der Waals surface area contributed by atoms with Gasteiger partial charge in [-0.1, -0.05) is 42.5 Å². The summed E-state index contributed by atoms with van der Waals surface area (Å²) >= 11 is 0. The minimum absolute atomic E-state index is 0.115. The number of ether oxygens (including phenoxy) is 1. The molecular formula is C22H24N2O2. The summed E-state index contributed by atoms with van der Waals surface area (Å²) in [5.41, 5.74) is 4.47. The van der Waals surface area contributed by atoms with E-state index in [1.165, 1.54) is 5.57 Å². The number of piperidine rings is 1. The van der Waals surface area contributed by atoms with Crippen molar-refractivity contribution >= 4 is 11.7 Å². The van der Waals surface area contributed by atoms with Crippen LogP contribution in [0.2, 0.25) is 0 Å². The molecule has 1 amide bonds. The van der Waals surface area contributed by atoms with E-state index < -0.39 is 0 Å². The molecule has 2 bridgehead atoms. The molecule has 0 N–H and O–H groups in total. The zero-order valence-corrected chi connectivity index (χ0v) is 15.1. The van der Waals surface area contributed by atoms with Gasteiger partial charge in [-0.25, -0.2) is 4.79 Å². The Morgan fingerprint density at radius 1 is 1.19 bits per heavy atom. The maximum Gasteiger partial charge on any atom is 0.410 e. The van der Waals surface area contributed by atoms with Gasteiger partial charge in [0.2, 0.25) is 0 Å². The van der Waals surface area contributed by atoms with E-state index in [4.69, 9.17) is 4.74 Å². The number of amides is 1. The summed E-state index contributed by atoms with van der Waals surface area (Å²) in [6, 6.07) is 14.3. The molecule has 0 saturated carbocycles. The van der Waals surface area contributed by atoms with Gasteiger partial charge >= 0.3 is 6.09 Å². The molecule has 4 rings (SSSR count). The van der Waals surface area contributed by atoms with Crippen LogP contribution in [0, 0.1) is 6.92 Å². The Morgan fingerprint density at radius 2 is 2.04 bits per heavy atom. The van der Waals surface area contributed by atoms with Crippen molar-refractivity contribution in [3.63, 3.8) is 0 Å².